The monoisotopic (exact) mass is 291 g/mol. The van der Waals surface area contributed by atoms with Crippen molar-refractivity contribution >= 4 is 16.9 Å². The number of aromatic nitrogens is 1. The van der Waals surface area contributed by atoms with Crippen molar-refractivity contribution in [3.63, 3.8) is 0 Å². The summed E-state index contributed by atoms with van der Waals surface area (Å²) in [5.41, 5.74) is 5.80. The van der Waals surface area contributed by atoms with Crippen molar-refractivity contribution in [1.29, 1.82) is 0 Å². The third-order valence-electron chi connectivity index (χ3n) is 3.79. The SMILES string of the molecule is Cc1cccc(-c2cc(C(=O)O)c3c(C)cc(C)cc3n2)c1. The van der Waals surface area contributed by atoms with Crippen LogP contribution < -0.4 is 0 Å². The molecule has 0 aliphatic rings. The molecule has 0 atom stereocenters. The lowest BCUT2D eigenvalue weighted by atomic mass is 9.98. The number of carboxylic acids is 1. The van der Waals surface area contributed by atoms with Gasteiger partial charge in [-0.1, -0.05) is 29.8 Å². The molecule has 0 unspecified atom stereocenters. The van der Waals surface area contributed by atoms with Crippen LogP contribution in [0.4, 0.5) is 0 Å². The van der Waals surface area contributed by atoms with Gasteiger partial charge in [0.25, 0.3) is 0 Å². The lowest BCUT2D eigenvalue weighted by molar-refractivity contribution is 0.0699. The number of hydrogen-bond acceptors (Lipinski definition) is 2. The van der Waals surface area contributed by atoms with E-state index in [-0.39, 0.29) is 0 Å². The molecule has 110 valence electrons. The molecule has 3 rings (SSSR count). The molecule has 3 nitrogen and oxygen atoms in total. The van der Waals surface area contributed by atoms with Crippen LogP contribution in [0.15, 0.2) is 42.5 Å². The van der Waals surface area contributed by atoms with E-state index in [1.54, 1.807) is 6.07 Å². The van der Waals surface area contributed by atoms with Crippen LogP contribution in [0.25, 0.3) is 22.2 Å². The van der Waals surface area contributed by atoms with Gasteiger partial charge in [-0.3, -0.25) is 0 Å². The lowest BCUT2D eigenvalue weighted by Gasteiger charge is -2.11. The molecule has 1 heterocycles. The van der Waals surface area contributed by atoms with E-state index in [0.29, 0.717) is 11.3 Å². The first kappa shape index (κ1) is 14.3. The first-order valence-electron chi connectivity index (χ1n) is 7.18. The van der Waals surface area contributed by atoms with Crippen LogP contribution in [-0.4, -0.2) is 16.1 Å². The molecular weight excluding hydrogens is 274 g/mol. The summed E-state index contributed by atoms with van der Waals surface area (Å²) in [5, 5.41) is 10.3. The Bertz CT molecular complexity index is 897. The maximum atomic E-state index is 11.7. The fraction of sp³-hybridized carbons (Fsp3) is 0.158. The van der Waals surface area contributed by atoms with Gasteiger partial charge in [0.05, 0.1) is 16.8 Å². The Hall–Kier alpha value is -2.68. The summed E-state index contributed by atoms with van der Waals surface area (Å²) in [6.07, 6.45) is 0. The Morgan fingerprint density at radius 1 is 1.00 bits per heavy atom. The average molecular weight is 291 g/mol. The third-order valence-corrected chi connectivity index (χ3v) is 3.79. The van der Waals surface area contributed by atoms with E-state index in [9.17, 15) is 9.90 Å². The van der Waals surface area contributed by atoms with Crippen LogP contribution >= 0.6 is 0 Å². The molecule has 0 fully saturated rings. The summed E-state index contributed by atoms with van der Waals surface area (Å²) in [6.45, 7) is 5.93. The molecule has 1 aromatic heterocycles. The molecular formula is C19H17NO2. The zero-order valence-electron chi connectivity index (χ0n) is 12.8. The van der Waals surface area contributed by atoms with E-state index >= 15 is 0 Å². The summed E-state index contributed by atoms with van der Waals surface area (Å²) in [4.78, 5) is 16.4. The van der Waals surface area contributed by atoms with Gasteiger partial charge in [-0.05, 0) is 50.1 Å². The summed E-state index contributed by atoms with van der Waals surface area (Å²) >= 11 is 0. The van der Waals surface area contributed by atoms with Crippen LogP contribution in [0.5, 0.6) is 0 Å². The average Bonchev–Trinajstić information content (AvgIpc) is 2.45. The molecule has 0 radical (unpaired) electrons. The minimum Gasteiger partial charge on any atom is -0.478 e. The fourth-order valence-corrected chi connectivity index (χ4v) is 2.88. The van der Waals surface area contributed by atoms with Gasteiger partial charge in [-0.25, -0.2) is 9.78 Å². The predicted octanol–water partition coefficient (Wildman–Crippen LogP) is 4.53. The predicted molar refractivity (Wildman–Crippen MR) is 88.3 cm³/mol. The van der Waals surface area contributed by atoms with Crippen molar-refractivity contribution in [2.24, 2.45) is 0 Å². The molecule has 3 heteroatoms. The first-order valence-corrected chi connectivity index (χ1v) is 7.18. The van der Waals surface area contributed by atoms with Crippen LogP contribution in [0, 0.1) is 20.8 Å². The molecule has 3 aromatic rings. The minimum absolute atomic E-state index is 0.305. The van der Waals surface area contributed by atoms with Crippen LogP contribution in [0.1, 0.15) is 27.0 Å². The number of hydrogen-bond donors (Lipinski definition) is 1. The zero-order valence-corrected chi connectivity index (χ0v) is 12.8. The summed E-state index contributed by atoms with van der Waals surface area (Å²) in [6, 6.07) is 13.5. The molecule has 0 bridgehead atoms. The number of pyridine rings is 1. The largest absolute Gasteiger partial charge is 0.478 e. The fourth-order valence-electron chi connectivity index (χ4n) is 2.88. The van der Waals surface area contributed by atoms with Gasteiger partial charge in [0.2, 0.25) is 0 Å². The van der Waals surface area contributed by atoms with E-state index in [0.717, 1.165) is 33.2 Å². The number of fused-ring (bicyclic) bond motifs is 1. The van der Waals surface area contributed by atoms with Gasteiger partial charge in [-0.15, -0.1) is 0 Å². The summed E-state index contributed by atoms with van der Waals surface area (Å²) < 4.78 is 0. The number of carboxylic acid groups (broad SMARTS) is 1. The Balaban J connectivity index is 2.36. The molecule has 0 amide bonds. The van der Waals surface area contributed by atoms with E-state index in [4.69, 9.17) is 0 Å². The first-order chi connectivity index (χ1) is 10.5. The maximum absolute atomic E-state index is 11.7. The van der Waals surface area contributed by atoms with Gasteiger partial charge in [0, 0.05) is 10.9 Å². The van der Waals surface area contributed by atoms with Gasteiger partial charge in [0.15, 0.2) is 0 Å². The Labute approximate surface area is 129 Å². The Morgan fingerprint density at radius 2 is 1.77 bits per heavy atom. The second-order valence-corrected chi connectivity index (χ2v) is 5.71. The van der Waals surface area contributed by atoms with Gasteiger partial charge >= 0.3 is 5.97 Å². The molecule has 0 aliphatic heterocycles. The molecule has 1 N–H and O–H groups in total. The van der Waals surface area contributed by atoms with Gasteiger partial charge in [-0.2, -0.15) is 0 Å². The van der Waals surface area contributed by atoms with Crippen molar-refractivity contribution in [3.05, 3.63) is 64.7 Å². The van der Waals surface area contributed by atoms with Crippen molar-refractivity contribution in [2.75, 3.05) is 0 Å². The number of rotatable bonds is 2. The van der Waals surface area contributed by atoms with Crippen molar-refractivity contribution < 1.29 is 9.90 Å². The number of aromatic carboxylic acids is 1. The minimum atomic E-state index is -0.923. The number of benzene rings is 2. The van der Waals surface area contributed by atoms with Gasteiger partial charge in [0.1, 0.15) is 0 Å². The second kappa shape index (κ2) is 5.26. The quantitative estimate of drug-likeness (QED) is 0.755. The van der Waals surface area contributed by atoms with Crippen molar-refractivity contribution in [2.45, 2.75) is 20.8 Å². The highest BCUT2D eigenvalue weighted by molar-refractivity contribution is 6.05. The smallest absolute Gasteiger partial charge is 0.336 e. The molecule has 22 heavy (non-hydrogen) atoms. The molecule has 0 aliphatic carbocycles. The highest BCUT2D eigenvalue weighted by Gasteiger charge is 2.15. The maximum Gasteiger partial charge on any atom is 0.336 e. The second-order valence-electron chi connectivity index (χ2n) is 5.71. The van der Waals surface area contributed by atoms with Gasteiger partial charge < -0.3 is 5.11 Å². The topological polar surface area (TPSA) is 50.2 Å². The molecule has 0 saturated heterocycles. The molecule has 2 aromatic carbocycles. The normalized spacial score (nSPS) is 10.9. The molecule has 0 saturated carbocycles. The summed E-state index contributed by atoms with van der Waals surface area (Å²) in [7, 11) is 0. The van der Waals surface area contributed by atoms with Crippen LogP contribution in [-0.2, 0) is 0 Å². The van der Waals surface area contributed by atoms with Crippen LogP contribution in [0.3, 0.4) is 0 Å². The van der Waals surface area contributed by atoms with E-state index in [1.807, 2.05) is 57.2 Å². The molecule has 0 spiro atoms. The Kier molecular flexibility index (Phi) is 3.41. The standard InChI is InChI=1S/C19H17NO2/c1-11-5-4-6-14(8-11)16-10-15(19(21)22)18-13(3)7-12(2)9-17(18)20-16/h4-10H,1-3H3,(H,21,22). The number of nitrogens with zero attached hydrogens (tertiary/aromatic N) is 1. The highest BCUT2D eigenvalue weighted by atomic mass is 16.4. The number of carbonyl (C=O) groups is 1. The van der Waals surface area contributed by atoms with Crippen LogP contribution in [0.2, 0.25) is 0 Å². The summed E-state index contributed by atoms with van der Waals surface area (Å²) in [5.74, 6) is -0.923. The zero-order chi connectivity index (χ0) is 15.9. The van der Waals surface area contributed by atoms with E-state index < -0.39 is 5.97 Å². The van der Waals surface area contributed by atoms with Crippen molar-refractivity contribution in [3.8, 4) is 11.3 Å². The third kappa shape index (κ3) is 2.46. The highest BCUT2D eigenvalue weighted by Crippen LogP contribution is 2.28. The lowest BCUT2D eigenvalue weighted by Crippen LogP contribution is -2.02. The van der Waals surface area contributed by atoms with Crippen molar-refractivity contribution in [1.82, 2.24) is 4.98 Å². The van der Waals surface area contributed by atoms with E-state index in [2.05, 4.69) is 4.98 Å². The number of aryl methyl sites for hydroxylation is 3. The Morgan fingerprint density at radius 3 is 2.45 bits per heavy atom. The van der Waals surface area contributed by atoms with E-state index in [1.165, 1.54) is 0 Å².